The van der Waals surface area contributed by atoms with Gasteiger partial charge in [-0.3, -0.25) is 0 Å². The van der Waals surface area contributed by atoms with Crippen molar-refractivity contribution in [2.75, 3.05) is 7.11 Å². The number of aromatic nitrogens is 2. The molecule has 100 valence electrons. The Morgan fingerprint density at radius 1 is 1.14 bits per heavy atom. The quantitative estimate of drug-likeness (QED) is 0.574. The van der Waals surface area contributed by atoms with Crippen LogP contribution in [-0.4, -0.2) is 17.1 Å². The second-order valence-corrected chi connectivity index (χ2v) is 4.88. The van der Waals surface area contributed by atoms with Gasteiger partial charge in [-0.15, -0.1) is 0 Å². The van der Waals surface area contributed by atoms with Crippen LogP contribution in [0.3, 0.4) is 0 Å². The Bertz CT molecular complexity index is 1040. The number of H-pyrrole nitrogens is 1. The fourth-order valence-corrected chi connectivity index (χ4v) is 2.78. The Morgan fingerprint density at radius 2 is 2.00 bits per heavy atom. The van der Waals surface area contributed by atoms with Crippen LogP contribution in [0.1, 0.15) is 5.56 Å². The molecule has 0 unspecified atom stereocenters. The summed E-state index contributed by atoms with van der Waals surface area (Å²) in [5.74, 6) is 0.722. The Hall–Kier alpha value is -3.06. The first kappa shape index (κ1) is 11.7. The van der Waals surface area contributed by atoms with E-state index >= 15 is 0 Å². The van der Waals surface area contributed by atoms with E-state index in [0.29, 0.717) is 5.56 Å². The molecule has 0 aliphatic heterocycles. The second-order valence-electron chi connectivity index (χ2n) is 4.88. The minimum absolute atomic E-state index is 0.631. The lowest BCUT2D eigenvalue weighted by Crippen LogP contribution is -1.89. The first-order chi connectivity index (χ1) is 10.3. The molecule has 0 atom stereocenters. The van der Waals surface area contributed by atoms with Crippen molar-refractivity contribution in [3.8, 4) is 11.8 Å². The van der Waals surface area contributed by atoms with E-state index in [0.717, 1.165) is 38.6 Å². The molecule has 0 fully saturated rings. The molecular formula is C17H11N3O. The van der Waals surface area contributed by atoms with E-state index in [-0.39, 0.29) is 0 Å². The maximum absolute atomic E-state index is 9.64. The zero-order chi connectivity index (χ0) is 14.4. The van der Waals surface area contributed by atoms with Crippen molar-refractivity contribution in [3.05, 3.63) is 48.0 Å². The number of hydrogen-bond donors (Lipinski definition) is 1. The zero-order valence-electron chi connectivity index (χ0n) is 11.3. The summed E-state index contributed by atoms with van der Waals surface area (Å²) in [6.07, 6.45) is 0. The molecule has 0 amide bonds. The van der Waals surface area contributed by atoms with Crippen molar-refractivity contribution < 1.29 is 4.74 Å². The molecule has 4 heteroatoms. The lowest BCUT2D eigenvalue weighted by atomic mass is 10.0. The fraction of sp³-hybridized carbons (Fsp3) is 0.0588. The molecule has 4 nitrogen and oxygen atoms in total. The Morgan fingerprint density at radius 3 is 2.81 bits per heavy atom. The second kappa shape index (κ2) is 4.22. The molecule has 0 radical (unpaired) electrons. The molecule has 1 N–H and O–H groups in total. The van der Waals surface area contributed by atoms with Gasteiger partial charge in [0.25, 0.3) is 0 Å². The molecule has 21 heavy (non-hydrogen) atoms. The SMILES string of the molecule is COc1ccc2nc3[nH]c4ccccc4c3c(C#N)c2c1. The lowest BCUT2D eigenvalue weighted by molar-refractivity contribution is 0.415. The summed E-state index contributed by atoms with van der Waals surface area (Å²) in [5, 5.41) is 12.3. The maximum atomic E-state index is 9.64. The van der Waals surface area contributed by atoms with E-state index in [1.807, 2.05) is 42.5 Å². The van der Waals surface area contributed by atoms with Crippen molar-refractivity contribution in [3.63, 3.8) is 0 Å². The number of para-hydroxylation sites is 1. The van der Waals surface area contributed by atoms with Gasteiger partial charge in [-0.1, -0.05) is 18.2 Å². The molecule has 0 spiro atoms. The zero-order valence-corrected chi connectivity index (χ0v) is 11.3. The summed E-state index contributed by atoms with van der Waals surface area (Å²) in [5.41, 5.74) is 3.14. The first-order valence-corrected chi connectivity index (χ1v) is 6.60. The van der Waals surface area contributed by atoms with Crippen LogP contribution in [0.25, 0.3) is 32.8 Å². The topological polar surface area (TPSA) is 61.7 Å². The molecule has 4 aromatic rings. The molecule has 0 bridgehead atoms. The number of hydrogen-bond acceptors (Lipinski definition) is 3. The van der Waals surface area contributed by atoms with Crippen LogP contribution in [0.15, 0.2) is 42.5 Å². The van der Waals surface area contributed by atoms with Gasteiger partial charge in [-0.05, 0) is 24.3 Å². The number of rotatable bonds is 1. The van der Waals surface area contributed by atoms with Crippen molar-refractivity contribution in [2.45, 2.75) is 0 Å². The maximum Gasteiger partial charge on any atom is 0.140 e. The number of pyridine rings is 1. The summed E-state index contributed by atoms with van der Waals surface area (Å²) in [4.78, 5) is 7.92. The van der Waals surface area contributed by atoms with Crippen molar-refractivity contribution in [1.29, 1.82) is 5.26 Å². The number of nitrogens with one attached hydrogen (secondary N) is 1. The summed E-state index contributed by atoms with van der Waals surface area (Å²) in [7, 11) is 1.62. The predicted octanol–water partition coefficient (Wildman–Crippen LogP) is 3.75. The van der Waals surface area contributed by atoms with E-state index in [9.17, 15) is 5.26 Å². The van der Waals surface area contributed by atoms with Crippen LogP contribution in [0.5, 0.6) is 5.75 Å². The summed E-state index contributed by atoms with van der Waals surface area (Å²) in [6.45, 7) is 0. The van der Waals surface area contributed by atoms with Crippen LogP contribution < -0.4 is 4.74 Å². The highest BCUT2D eigenvalue weighted by Crippen LogP contribution is 2.32. The largest absolute Gasteiger partial charge is 0.497 e. The molecule has 0 aliphatic rings. The summed E-state index contributed by atoms with van der Waals surface area (Å²) in [6, 6.07) is 15.8. The Balaban J connectivity index is 2.27. The van der Waals surface area contributed by atoms with Gasteiger partial charge < -0.3 is 9.72 Å². The summed E-state index contributed by atoms with van der Waals surface area (Å²) >= 11 is 0. The normalized spacial score (nSPS) is 11.0. The number of ether oxygens (including phenoxy) is 1. The molecular weight excluding hydrogens is 262 g/mol. The van der Waals surface area contributed by atoms with Gasteiger partial charge in [0, 0.05) is 21.7 Å². The third-order valence-electron chi connectivity index (χ3n) is 3.75. The third-order valence-corrected chi connectivity index (χ3v) is 3.75. The molecule has 2 aromatic carbocycles. The van der Waals surface area contributed by atoms with Crippen LogP contribution in [-0.2, 0) is 0 Å². The van der Waals surface area contributed by atoms with Gasteiger partial charge in [0.2, 0.25) is 0 Å². The number of aromatic amines is 1. The van der Waals surface area contributed by atoms with Crippen LogP contribution in [0, 0.1) is 11.3 Å². The van der Waals surface area contributed by atoms with Crippen molar-refractivity contribution in [2.24, 2.45) is 0 Å². The molecule has 0 aliphatic carbocycles. The molecule has 2 heterocycles. The number of nitriles is 1. The van der Waals surface area contributed by atoms with E-state index in [1.165, 1.54) is 0 Å². The van der Waals surface area contributed by atoms with Gasteiger partial charge in [0.15, 0.2) is 0 Å². The Labute approximate surface area is 120 Å². The number of methoxy groups -OCH3 is 1. The van der Waals surface area contributed by atoms with Crippen molar-refractivity contribution in [1.82, 2.24) is 9.97 Å². The van der Waals surface area contributed by atoms with Gasteiger partial charge >= 0.3 is 0 Å². The minimum atomic E-state index is 0.631. The van der Waals surface area contributed by atoms with Crippen LogP contribution >= 0.6 is 0 Å². The van der Waals surface area contributed by atoms with Gasteiger partial charge in [-0.2, -0.15) is 5.26 Å². The smallest absolute Gasteiger partial charge is 0.140 e. The summed E-state index contributed by atoms with van der Waals surface area (Å²) < 4.78 is 5.26. The average molecular weight is 273 g/mol. The van der Waals surface area contributed by atoms with Crippen LogP contribution in [0.2, 0.25) is 0 Å². The monoisotopic (exact) mass is 273 g/mol. The van der Waals surface area contributed by atoms with Gasteiger partial charge in [0.1, 0.15) is 17.5 Å². The van der Waals surface area contributed by atoms with E-state index in [1.54, 1.807) is 7.11 Å². The minimum Gasteiger partial charge on any atom is -0.497 e. The molecule has 4 rings (SSSR count). The van der Waals surface area contributed by atoms with E-state index in [2.05, 4.69) is 16.0 Å². The third kappa shape index (κ3) is 1.58. The van der Waals surface area contributed by atoms with Gasteiger partial charge in [0.05, 0.1) is 18.2 Å². The number of benzene rings is 2. The number of nitrogens with zero attached hydrogens (tertiary/aromatic N) is 2. The lowest BCUT2D eigenvalue weighted by Gasteiger charge is -2.05. The van der Waals surface area contributed by atoms with Crippen LogP contribution in [0.4, 0.5) is 0 Å². The fourth-order valence-electron chi connectivity index (χ4n) is 2.78. The van der Waals surface area contributed by atoms with E-state index < -0.39 is 0 Å². The van der Waals surface area contributed by atoms with Gasteiger partial charge in [-0.25, -0.2) is 4.98 Å². The molecule has 0 saturated heterocycles. The molecule has 0 saturated carbocycles. The molecule has 2 aromatic heterocycles. The highest BCUT2D eigenvalue weighted by molar-refractivity contribution is 6.13. The van der Waals surface area contributed by atoms with Crippen molar-refractivity contribution >= 4 is 32.8 Å². The number of fused-ring (bicyclic) bond motifs is 4. The highest BCUT2D eigenvalue weighted by Gasteiger charge is 2.14. The highest BCUT2D eigenvalue weighted by atomic mass is 16.5. The Kier molecular flexibility index (Phi) is 2.36. The van der Waals surface area contributed by atoms with E-state index in [4.69, 9.17) is 4.74 Å². The first-order valence-electron chi connectivity index (χ1n) is 6.60. The predicted molar refractivity (Wildman–Crippen MR) is 82.4 cm³/mol. The standard InChI is InChI=1S/C17H11N3O/c1-21-10-6-7-15-12(8-10)13(9-18)16-11-4-2-3-5-14(11)19-17(16)20-15/h2-8H,1H3,(H,19,20). The average Bonchev–Trinajstić information content (AvgIpc) is 2.90.